The van der Waals surface area contributed by atoms with Crippen molar-refractivity contribution in [1.29, 1.82) is 0 Å². The van der Waals surface area contributed by atoms with Gasteiger partial charge < -0.3 is 0 Å². The van der Waals surface area contributed by atoms with Gasteiger partial charge in [0.05, 0.1) is 0 Å². The zero-order chi connectivity index (χ0) is 16.9. The summed E-state index contributed by atoms with van der Waals surface area (Å²) in [6.45, 7) is 2.29. The summed E-state index contributed by atoms with van der Waals surface area (Å²) >= 11 is 0. The maximum Gasteiger partial charge on any atom is -0.0112 e. The van der Waals surface area contributed by atoms with E-state index in [2.05, 4.69) is 61.5 Å². The van der Waals surface area contributed by atoms with E-state index in [1.807, 2.05) is 0 Å². The molecule has 0 aliphatic rings. The van der Waals surface area contributed by atoms with E-state index in [9.17, 15) is 0 Å². The molecule has 0 aliphatic carbocycles. The Morgan fingerprint density at radius 2 is 1.29 bits per heavy atom. The minimum absolute atomic E-state index is 1.21. The van der Waals surface area contributed by atoms with Gasteiger partial charge in [0.25, 0.3) is 0 Å². The molecule has 0 heteroatoms. The maximum atomic E-state index is 2.35. The van der Waals surface area contributed by atoms with E-state index in [0.29, 0.717) is 0 Å². The molecular weight excluding hydrogens is 288 g/mol. The van der Waals surface area contributed by atoms with Crippen LogP contribution in [0.3, 0.4) is 0 Å². The number of hydrogen-bond donors (Lipinski definition) is 0. The summed E-state index contributed by atoms with van der Waals surface area (Å²) in [5.41, 5.74) is 1.35. The number of fused-ring (bicyclic) bond motifs is 1. The Morgan fingerprint density at radius 3 is 2.04 bits per heavy atom. The highest BCUT2D eigenvalue weighted by molar-refractivity contribution is 5.90. The Hall–Kier alpha value is -1.56. The van der Waals surface area contributed by atoms with Crippen molar-refractivity contribution in [3.63, 3.8) is 0 Å². The molecule has 0 N–H and O–H groups in total. The Balaban J connectivity index is 1.56. The minimum atomic E-state index is 1.21. The molecule has 0 amide bonds. The number of rotatable bonds is 12. The van der Waals surface area contributed by atoms with Crippen LogP contribution in [0.15, 0.2) is 48.5 Å². The Kier molecular flexibility index (Phi) is 9.31. The minimum Gasteiger partial charge on any atom is -0.0839 e. The van der Waals surface area contributed by atoms with E-state index in [1.54, 1.807) is 0 Å². The predicted octanol–water partition coefficient (Wildman–Crippen LogP) is 8.16. The van der Waals surface area contributed by atoms with Crippen molar-refractivity contribution in [2.75, 3.05) is 0 Å². The monoisotopic (exact) mass is 322 g/mol. The molecule has 2 aromatic carbocycles. The summed E-state index contributed by atoms with van der Waals surface area (Å²) < 4.78 is 0. The van der Waals surface area contributed by atoms with Crippen LogP contribution < -0.4 is 0 Å². The van der Waals surface area contributed by atoms with Gasteiger partial charge >= 0.3 is 0 Å². The average Bonchev–Trinajstić information content (AvgIpc) is 2.63. The zero-order valence-electron chi connectivity index (χ0n) is 15.5. The largest absolute Gasteiger partial charge is 0.0839 e. The lowest BCUT2D eigenvalue weighted by molar-refractivity contribution is 0.558. The van der Waals surface area contributed by atoms with Crippen molar-refractivity contribution < 1.29 is 0 Å². The molecule has 0 nitrogen and oxygen atoms in total. The maximum absolute atomic E-state index is 2.35. The molecule has 0 unspecified atom stereocenters. The first-order valence-electron chi connectivity index (χ1n) is 10.1. The summed E-state index contributed by atoms with van der Waals surface area (Å²) in [4.78, 5) is 0. The van der Waals surface area contributed by atoms with Crippen LogP contribution in [-0.4, -0.2) is 0 Å². The van der Waals surface area contributed by atoms with Gasteiger partial charge in [0.2, 0.25) is 0 Å². The van der Waals surface area contributed by atoms with Gasteiger partial charge in [-0.2, -0.15) is 0 Å². The fraction of sp³-hybridized carbons (Fsp3) is 0.500. The molecule has 2 aromatic rings. The predicted molar refractivity (Wildman–Crippen MR) is 109 cm³/mol. The molecule has 0 saturated heterocycles. The third kappa shape index (κ3) is 6.91. The second-order valence-electron chi connectivity index (χ2n) is 6.94. The van der Waals surface area contributed by atoms with Crippen molar-refractivity contribution in [2.24, 2.45) is 0 Å². The van der Waals surface area contributed by atoms with Gasteiger partial charge in [-0.1, -0.05) is 119 Å². The van der Waals surface area contributed by atoms with E-state index >= 15 is 0 Å². The fourth-order valence-electron chi connectivity index (χ4n) is 3.36. The third-order valence-electron chi connectivity index (χ3n) is 4.85. The lowest BCUT2D eigenvalue weighted by Gasteiger charge is -2.02. The molecule has 0 aromatic heterocycles. The molecule has 0 atom stereocenters. The van der Waals surface area contributed by atoms with E-state index in [4.69, 9.17) is 0 Å². The first-order valence-corrected chi connectivity index (χ1v) is 10.1. The van der Waals surface area contributed by atoms with Gasteiger partial charge in [0.15, 0.2) is 0 Å². The smallest absolute Gasteiger partial charge is 0.0112 e. The second kappa shape index (κ2) is 11.9. The molecule has 0 fully saturated rings. The Bertz CT molecular complexity index is 589. The van der Waals surface area contributed by atoms with Crippen LogP contribution in [0.2, 0.25) is 0 Å². The molecule has 0 radical (unpaired) electrons. The van der Waals surface area contributed by atoms with Crippen LogP contribution in [0, 0.1) is 0 Å². The molecule has 24 heavy (non-hydrogen) atoms. The first kappa shape index (κ1) is 18.8. The number of allylic oxidation sites excluding steroid dienone is 1. The van der Waals surface area contributed by atoms with Crippen molar-refractivity contribution >= 4 is 16.8 Å². The summed E-state index contributed by atoms with van der Waals surface area (Å²) in [5, 5.41) is 2.69. The first-order chi connectivity index (χ1) is 11.9. The van der Waals surface area contributed by atoms with Gasteiger partial charge in [-0.15, -0.1) is 0 Å². The third-order valence-corrected chi connectivity index (χ3v) is 4.85. The van der Waals surface area contributed by atoms with Crippen molar-refractivity contribution in [2.45, 2.75) is 77.6 Å². The van der Waals surface area contributed by atoms with Gasteiger partial charge in [-0.3, -0.25) is 0 Å². The molecule has 0 spiro atoms. The lowest BCUT2D eigenvalue weighted by Crippen LogP contribution is -1.81. The SMILES string of the molecule is CCCCCCCCCCCC/C=C/c1cccc2ccccc12. The van der Waals surface area contributed by atoms with E-state index in [0.717, 1.165) is 0 Å². The normalized spacial score (nSPS) is 11.5. The standard InChI is InChI=1S/C24H34/c1-2-3-4-5-6-7-8-9-10-11-12-13-17-22-19-16-20-23-18-14-15-21-24(22)23/h13-21H,2-12H2,1H3/b17-13+. The van der Waals surface area contributed by atoms with Crippen LogP contribution >= 0.6 is 0 Å². The van der Waals surface area contributed by atoms with Gasteiger partial charge in [0.1, 0.15) is 0 Å². The summed E-state index contributed by atoms with van der Waals surface area (Å²) in [6, 6.07) is 15.2. The molecule has 2 rings (SSSR count). The van der Waals surface area contributed by atoms with Crippen molar-refractivity contribution in [3.05, 3.63) is 54.1 Å². The topological polar surface area (TPSA) is 0 Å². The highest BCUT2D eigenvalue weighted by Gasteiger charge is 1.96. The quantitative estimate of drug-likeness (QED) is 0.346. The fourth-order valence-corrected chi connectivity index (χ4v) is 3.36. The molecular formula is C24H34. The van der Waals surface area contributed by atoms with Crippen molar-refractivity contribution in [1.82, 2.24) is 0 Å². The number of unbranched alkanes of at least 4 members (excludes halogenated alkanes) is 10. The van der Waals surface area contributed by atoms with Gasteiger partial charge in [-0.05, 0) is 29.2 Å². The molecule has 0 heterocycles. The van der Waals surface area contributed by atoms with Crippen LogP contribution in [-0.2, 0) is 0 Å². The second-order valence-corrected chi connectivity index (χ2v) is 6.94. The summed E-state index contributed by atoms with van der Waals surface area (Å²) in [7, 11) is 0. The highest BCUT2D eigenvalue weighted by atomic mass is 14.0. The molecule has 0 bridgehead atoms. The molecule has 0 saturated carbocycles. The van der Waals surface area contributed by atoms with Gasteiger partial charge in [-0.25, -0.2) is 0 Å². The lowest BCUT2D eigenvalue weighted by atomic mass is 10.0. The Labute approximate surface area is 149 Å². The van der Waals surface area contributed by atoms with Crippen LogP contribution in [0.5, 0.6) is 0 Å². The van der Waals surface area contributed by atoms with E-state index in [1.165, 1.54) is 87.0 Å². The van der Waals surface area contributed by atoms with E-state index in [-0.39, 0.29) is 0 Å². The molecule has 130 valence electrons. The summed E-state index contributed by atoms with van der Waals surface area (Å²) in [5.74, 6) is 0. The highest BCUT2D eigenvalue weighted by Crippen LogP contribution is 2.20. The molecule has 0 aliphatic heterocycles. The van der Waals surface area contributed by atoms with Gasteiger partial charge in [0, 0.05) is 0 Å². The van der Waals surface area contributed by atoms with E-state index < -0.39 is 0 Å². The summed E-state index contributed by atoms with van der Waals surface area (Å²) in [6.07, 6.45) is 20.0. The van der Waals surface area contributed by atoms with Crippen LogP contribution in [0.4, 0.5) is 0 Å². The zero-order valence-corrected chi connectivity index (χ0v) is 15.5. The number of hydrogen-bond acceptors (Lipinski definition) is 0. The van der Waals surface area contributed by atoms with Crippen LogP contribution in [0.1, 0.15) is 83.1 Å². The van der Waals surface area contributed by atoms with Crippen LogP contribution in [0.25, 0.3) is 16.8 Å². The average molecular weight is 323 g/mol. The number of benzene rings is 2. The van der Waals surface area contributed by atoms with Crippen molar-refractivity contribution in [3.8, 4) is 0 Å². The Morgan fingerprint density at radius 1 is 0.667 bits per heavy atom.